The number of rotatable bonds is 12. The summed E-state index contributed by atoms with van der Waals surface area (Å²) in [4.78, 5) is 26.2. The molecule has 1 heterocycles. The van der Waals surface area contributed by atoms with Crippen LogP contribution in [0, 0.1) is 0 Å². The zero-order chi connectivity index (χ0) is 21.2. The third-order valence-electron chi connectivity index (χ3n) is 4.98. The van der Waals surface area contributed by atoms with Gasteiger partial charge >= 0.3 is 5.97 Å². The van der Waals surface area contributed by atoms with Crippen molar-refractivity contribution >= 4 is 28.9 Å². The quantitative estimate of drug-likeness (QED) is 0.451. The van der Waals surface area contributed by atoms with Crippen LogP contribution in [-0.2, 0) is 11.2 Å². The fourth-order valence-electron chi connectivity index (χ4n) is 3.30. The average molecular weight is 418 g/mol. The molecule has 6 heteroatoms. The molecule has 0 saturated carbocycles. The summed E-state index contributed by atoms with van der Waals surface area (Å²) >= 11 is 1.31. The maximum atomic E-state index is 12.1. The predicted molar refractivity (Wildman–Crippen MR) is 118 cm³/mol. The lowest BCUT2D eigenvalue weighted by Gasteiger charge is -2.22. The fraction of sp³-hybridized carbons (Fsp3) is 0.478. The van der Waals surface area contributed by atoms with Crippen molar-refractivity contribution in [3.8, 4) is 0 Å². The maximum Gasteiger partial charge on any atom is 0.345 e. The Bertz CT molecular complexity index is 784. The Morgan fingerprint density at radius 1 is 1.03 bits per heavy atom. The minimum Gasteiger partial charge on any atom is -0.477 e. The number of aliphatic hydroxyl groups excluding tert-OH is 1. The summed E-state index contributed by atoms with van der Waals surface area (Å²) in [5.74, 6) is -0.895. The van der Waals surface area contributed by atoms with Gasteiger partial charge < -0.3 is 15.1 Å². The highest BCUT2D eigenvalue weighted by Crippen LogP contribution is 2.24. The van der Waals surface area contributed by atoms with Crippen molar-refractivity contribution in [1.29, 1.82) is 0 Å². The number of aliphatic hydroxyl groups is 1. The molecule has 2 rings (SSSR count). The summed E-state index contributed by atoms with van der Waals surface area (Å²) in [5.41, 5.74) is 1.73. The minimum atomic E-state index is -0.886. The molecule has 0 saturated heterocycles. The molecule has 0 spiro atoms. The number of unbranched alkanes of at least 4 members (excludes halogenated alkanes) is 3. The molecule has 5 nitrogen and oxygen atoms in total. The van der Waals surface area contributed by atoms with Gasteiger partial charge in [-0.25, -0.2) is 4.79 Å². The van der Waals surface area contributed by atoms with Crippen LogP contribution in [0.2, 0.25) is 0 Å². The van der Waals surface area contributed by atoms with Crippen LogP contribution in [-0.4, -0.2) is 28.6 Å². The number of carbonyl (C=O) groups is 2. The molecule has 158 valence electrons. The maximum absolute atomic E-state index is 12.1. The highest BCUT2D eigenvalue weighted by atomic mass is 32.1. The minimum absolute atomic E-state index is 0.00877. The number of carboxylic acids is 1. The molecule has 0 bridgehead atoms. The average Bonchev–Trinajstić information content (AvgIpc) is 3.17. The number of nitrogens with zero attached hydrogens (tertiary/aromatic N) is 1. The zero-order valence-electron chi connectivity index (χ0n) is 17.3. The van der Waals surface area contributed by atoms with E-state index in [0.29, 0.717) is 11.4 Å². The molecule has 1 amide bonds. The van der Waals surface area contributed by atoms with Crippen LogP contribution < -0.4 is 4.90 Å². The highest BCUT2D eigenvalue weighted by Gasteiger charge is 2.13. The van der Waals surface area contributed by atoms with Crippen molar-refractivity contribution in [3.63, 3.8) is 0 Å². The standard InChI is InChI=1S/C23H31NO4S/c1-3-4-5-9-21(26)18-10-12-19(13-11-18)24(17(2)25)16-7-6-8-20-14-15-22(29-20)23(27)28/h10-15,21,26H,3-9,16H2,1-2H3,(H,27,28). The summed E-state index contributed by atoms with van der Waals surface area (Å²) in [7, 11) is 0. The van der Waals surface area contributed by atoms with Gasteiger partial charge in [-0.2, -0.15) is 0 Å². The second-order valence-corrected chi connectivity index (χ2v) is 8.47. The monoisotopic (exact) mass is 417 g/mol. The molecule has 1 aromatic heterocycles. The lowest BCUT2D eigenvalue weighted by molar-refractivity contribution is -0.116. The van der Waals surface area contributed by atoms with Crippen molar-refractivity contribution in [2.24, 2.45) is 0 Å². The van der Waals surface area contributed by atoms with Crippen molar-refractivity contribution < 1.29 is 19.8 Å². The van der Waals surface area contributed by atoms with Crippen LogP contribution in [0.3, 0.4) is 0 Å². The van der Waals surface area contributed by atoms with E-state index >= 15 is 0 Å². The number of aryl methyl sites for hydroxylation is 1. The number of hydrogen-bond donors (Lipinski definition) is 2. The SMILES string of the molecule is CCCCCC(O)c1ccc(N(CCCCc2ccc(C(=O)O)s2)C(C)=O)cc1. The summed E-state index contributed by atoms with van der Waals surface area (Å²) in [6.45, 7) is 4.32. The summed E-state index contributed by atoms with van der Waals surface area (Å²) < 4.78 is 0. The third-order valence-corrected chi connectivity index (χ3v) is 6.11. The van der Waals surface area contributed by atoms with Gasteiger partial charge in [0.2, 0.25) is 5.91 Å². The van der Waals surface area contributed by atoms with Crippen LogP contribution in [0.25, 0.3) is 0 Å². The first-order valence-electron chi connectivity index (χ1n) is 10.3. The fourth-order valence-corrected chi connectivity index (χ4v) is 4.18. The first-order valence-corrected chi connectivity index (χ1v) is 11.1. The number of carbonyl (C=O) groups excluding carboxylic acids is 1. The topological polar surface area (TPSA) is 77.8 Å². The molecular formula is C23H31NO4S. The van der Waals surface area contributed by atoms with Crippen LogP contribution in [0.4, 0.5) is 5.69 Å². The van der Waals surface area contributed by atoms with Gasteiger partial charge in [-0.15, -0.1) is 11.3 Å². The van der Waals surface area contributed by atoms with Crippen molar-refractivity contribution in [2.45, 2.75) is 64.9 Å². The zero-order valence-corrected chi connectivity index (χ0v) is 18.1. The number of carboxylic acid groups (broad SMARTS) is 1. The number of thiophene rings is 1. The van der Waals surface area contributed by atoms with Crippen molar-refractivity contribution in [3.05, 3.63) is 51.7 Å². The van der Waals surface area contributed by atoms with Crippen molar-refractivity contribution in [1.82, 2.24) is 0 Å². The molecule has 1 unspecified atom stereocenters. The van der Waals surface area contributed by atoms with Gasteiger partial charge in [0.05, 0.1) is 6.10 Å². The summed E-state index contributed by atoms with van der Waals surface area (Å²) in [6.07, 6.45) is 6.10. The molecule has 0 radical (unpaired) electrons. The van der Waals surface area contributed by atoms with Crippen LogP contribution in [0.1, 0.15) is 78.6 Å². The van der Waals surface area contributed by atoms with Gasteiger partial charge in [0, 0.05) is 24.0 Å². The Hall–Kier alpha value is -2.18. The van der Waals surface area contributed by atoms with Gasteiger partial charge in [0.15, 0.2) is 0 Å². The van der Waals surface area contributed by atoms with E-state index in [9.17, 15) is 14.7 Å². The molecular weight excluding hydrogens is 386 g/mol. The van der Waals surface area contributed by atoms with E-state index in [1.54, 1.807) is 17.9 Å². The number of anilines is 1. The van der Waals surface area contributed by atoms with E-state index in [1.165, 1.54) is 11.3 Å². The van der Waals surface area contributed by atoms with E-state index in [0.717, 1.165) is 61.1 Å². The van der Waals surface area contributed by atoms with Crippen LogP contribution in [0.15, 0.2) is 36.4 Å². The third kappa shape index (κ3) is 7.29. The second kappa shape index (κ2) is 11.7. The van der Waals surface area contributed by atoms with Crippen molar-refractivity contribution in [2.75, 3.05) is 11.4 Å². The summed E-state index contributed by atoms with van der Waals surface area (Å²) in [5, 5.41) is 19.3. The van der Waals surface area contributed by atoms with E-state index < -0.39 is 12.1 Å². The molecule has 1 atom stereocenters. The van der Waals surface area contributed by atoms with Gasteiger partial charge in [-0.1, -0.05) is 38.3 Å². The smallest absolute Gasteiger partial charge is 0.345 e. The van der Waals surface area contributed by atoms with E-state index in [1.807, 2.05) is 30.3 Å². The molecule has 0 aliphatic heterocycles. The molecule has 2 N–H and O–H groups in total. The lowest BCUT2D eigenvalue weighted by atomic mass is 10.0. The number of amides is 1. The first-order chi connectivity index (χ1) is 13.9. The largest absolute Gasteiger partial charge is 0.477 e. The molecule has 1 aromatic carbocycles. The van der Waals surface area contributed by atoms with Crippen LogP contribution >= 0.6 is 11.3 Å². The molecule has 29 heavy (non-hydrogen) atoms. The van der Waals surface area contributed by atoms with Gasteiger partial charge in [-0.3, -0.25) is 4.79 Å². The van der Waals surface area contributed by atoms with E-state index in [-0.39, 0.29) is 5.91 Å². The van der Waals surface area contributed by atoms with Gasteiger partial charge in [0.1, 0.15) is 4.88 Å². The first kappa shape index (κ1) is 23.1. The molecule has 2 aromatic rings. The lowest BCUT2D eigenvalue weighted by Crippen LogP contribution is -2.29. The van der Waals surface area contributed by atoms with Crippen LogP contribution in [0.5, 0.6) is 0 Å². The predicted octanol–water partition coefficient (Wildman–Crippen LogP) is 5.44. The molecule has 0 fully saturated rings. The Kier molecular flexibility index (Phi) is 9.35. The summed E-state index contributed by atoms with van der Waals surface area (Å²) in [6, 6.07) is 11.1. The Morgan fingerprint density at radius 3 is 2.34 bits per heavy atom. The van der Waals surface area contributed by atoms with Gasteiger partial charge in [-0.05, 0) is 55.5 Å². The number of hydrogen-bond acceptors (Lipinski definition) is 4. The van der Waals surface area contributed by atoms with Gasteiger partial charge in [0.25, 0.3) is 0 Å². The highest BCUT2D eigenvalue weighted by molar-refractivity contribution is 7.13. The number of benzene rings is 1. The Morgan fingerprint density at radius 2 is 1.76 bits per heavy atom. The van der Waals surface area contributed by atoms with E-state index in [2.05, 4.69) is 6.92 Å². The van der Waals surface area contributed by atoms with E-state index in [4.69, 9.17) is 5.11 Å². The second-order valence-electron chi connectivity index (χ2n) is 7.30. The molecule has 0 aliphatic rings. The Balaban J connectivity index is 1.86. The number of aromatic carboxylic acids is 1. The molecule has 0 aliphatic carbocycles. The normalized spacial score (nSPS) is 12.0. The Labute approximate surface area is 177 Å².